The quantitative estimate of drug-likeness (QED) is 0.625. The zero-order chi connectivity index (χ0) is 15.7. The molecule has 1 rings (SSSR count). The zero-order valence-electron chi connectivity index (χ0n) is 11.5. The zero-order valence-corrected chi connectivity index (χ0v) is 13.0. The van der Waals surface area contributed by atoms with Crippen LogP contribution in [0.4, 0.5) is 10.5 Å². The van der Waals surface area contributed by atoms with E-state index in [9.17, 15) is 9.59 Å². The summed E-state index contributed by atoms with van der Waals surface area (Å²) < 4.78 is 0. The molecule has 0 unspecified atom stereocenters. The van der Waals surface area contributed by atoms with E-state index in [1.165, 1.54) is 0 Å². The molecule has 21 heavy (non-hydrogen) atoms. The van der Waals surface area contributed by atoms with E-state index < -0.39 is 5.97 Å². The van der Waals surface area contributed by atoms with Crippen molar-refractivity contribution in [2.45, 2.75) is 32.1 Å². The van der Waals surface area contributed by atoms with Gasteiger partial charge in [-0.2, -0.15) is 0 Å². The fraction of sp³-hybridized carbons (Fsp3) is 0.429. The van der Waals surface area contributed by atoms with Crippen LogP contribution in [-0.4, -0.2) is 23.7 Å². The number of nitrogens with one attached hydrogen (secondary N) is 2. The maximum atomic E-state index is 11.7. The number of amides is 2. The predicted octanol–water partition coefficient (Wildman–Crippen LogP) is 4.15. The van der Waals surface area contributed by atoms with Gasteiger partial charge in [-0.1, -0.05) is 42.1 Å². The number of hydrogen-bond donors (Lipinski definition) is 3. The Morgan fingerprint density at radius 3 is 2.52 bits per heavy atom. The number of carbonyl (C=O) groups is 2. The number of rotatable bonds is 8. The highest BCUT2D eigenvalue weighted by Crippen LogP contribution is 2.29. The lowest BCUT2D eigenvalue weighted by molar-refractivity contribution is -0.137. The first kappa shape index (κ1) is 17.6. The topological polar surface area (TPSA) is 78.4 Å². The van der Waals surface area contributed by atoms with Crippen LogP contribution in [0.3, 0.4) is 0 Å². The molecule has 0 fully saturated rings. The van der Waals surface area contributed by atoms with Gasteiger partial charge in [0.05, 0.1) is 15.7 Å². The van der Waals surface area contributed by atoms with E-state index in [4.69, 9.17) is 28.3 Å². The average Bonchev–Trinajstić information content (AvgIpc) is 2.42. The van der Waals surface area contributed by atoms with Crippen LogP contribution in [0.15, 0.2) is 18.2 Å². The minimum Gasteiger partial charge on any atom is -0.481 e. The van der Waals surface area contributed by atoms with Crippen LogP contribution in [0.1, 0.15) is 32.1 Å². The van der Waals surface area contributed by atoms with Gasteiger partial charge in [-0.15, -0.1) is 0 Å². The van der Waals surface area contributed by atoms with Crippen LogP contribution in [0.2, 0.25) is 10.0 Å². The van der Waals surface area contributed by atoms with Crippen LogP contribution in [-0.2, 0) is 4.79 Å². The third-order valence-electron chi connectivity index (χ3n) is 2.80. The van der Waals surface area contributed by atoms with E-state index in [0.29, 0.717) is 28.7 Å². The van der Waals surface area contributed by atoms with Gasteiger partial charge in [0.25, 0.3) is 0 Å². The molecule has 0 atom stereocenters. The minimum absolute atomic E-state index is 0.196. The lowest BCUT2D eigenvalue weighted by atomic mass is 10.1. The Labute approximate surface area is 133 Å². The Morgan fingerprint density at radius 2 is 1.81 bits per heavy atom. The number of halogens is 2. The van der Waals surface area contributed by atoms with Crippen molar-refractivity contribution in [1.29, 1.82) is 0 Å². The van der Waals surface area contributed by atoms with Crippen molar-refractivity contribution in [3.8, 4) is 0 Å². The molecule has 7 heteroatoms. The van der Waals surface area contributed by atoms with Crippen LogP contribution < -0.4 is 10.6 Å². The molecule has 1 aromatic carbocycles. The SMILES string of the molecule is O=C(O)CCCCCCNC(=O)Nc1cccc(Cl)c1Cl. The summed E-state index contributed by atoms with van der Waals surface area (Å²) in [5.74, 6) is -0.772. The highest BCUT2D eigenvalue weighted by molar-refractivity contribution is 6.43. The highest BCUT2D eigenvalue weighted by atomic mass is 35.5. The maximum absolute atomic E-state index is 11.7. The van der Waals surface area contributed by atoms with Crippen LogP contribution in [0.25, 0.3) is 0 Å². The lowest BCUT2D eigenvalue weighted by Crippen LogP contribution is -2.29. The predicted molar refractivity (Wildman–Crippen MR) is 84.2 cm³/mol. The molecule has 1 aromatic rings. The number of benzene rings is 1. The Morgan fingerprint density at radius 1 is 1.10 bits per heavy atom. The number of carbonyl (C=O) groups excluding carboxylic acids is 1. The third-order valence-corrected chi connectivity index (χ3v) is 3.62. The fourth-order valence-electron chi connectivity index (χ4n) is 1.72. The second-order valence-corrected chi connectivity index (χ2v) is 5.33. The summed E-state index contributed by atoms with van der Waals surface area (Å²) in [6.45, 7) is 0.525. The molecule has 0 spiro atoms. The van der Waals surface area contributed by atoms with Gasteiger partial charge in [0.2, 0.25) is 0 Å². The summed E-state index contributed by atoms with van der Waals surface area (Å²) >= 11 is 11.8. The summed E-state index contributed by atoms with van der Waals surface area (Å²) in [6, 6.07) is 4.67. The first-order valence-corrected chi connectivity index (χ1v) is 7.47. The maximum Gasteiger partial charge on any atom is 0.319 e. The molecule has 0 bridgehead atoms. The van der Waals surface area contributed by atoms with Gasteiger partial charge >= 0.3 is 12.0 Å². The van der Waals surface area contributed by atoms with Crippen molar-refractivity contribution >= 4 is 40.9 Å². The van der Waals surface area contributed by atoms with Gasteiger partial charge in [0, 0.05) is 13.0 Å². The molecule has 0 radical (unpaired) electrons. The molecular weight excluding hydrogens is 315 g/mol. The molecule has 0 heterocycles. The van der Waals surface area contributed by atoms with Gasteiger partial charge in [0.15, 0.2) is 0 Å². The van der Waals surface area contributed by atoms with Crippen molar-refractivity contribution in [1.82, 2.24) is 5.32 Å². The smallest absolute Gasteiger partial charge is 0.319 e. The first-order valence-electron chi connectivity index (χ1n) is 6.71. The average molecular weight is 333 g/mol. The van der Waals surface area contributed by atoms with E-state index in [1.54, 1.807) is 18.2 Å². The van der Waals surface area contributed by atoms with Crippen molar-refractivity contribution in [2.75, 3.05) is 11.9 Å². The third kappa shape index (κ3) is 7.20. The second kappa shape index (κ2) is 9.47. The Balaban J connectivity index is 2.17. The molecule has 0 saturated heterocycles. The minimum atomic E-state index is -0.772. The first-order chi connectivity index (χ1) is 10.0. The number of carboxylic acids is 1. The monoisotopic (exact) mass is 332 g/mol. The standard InChI is InChI=1S/C14H18Cl2N2O3/c15-10-6-5-7-11(13(10)16)18-14(21)17-9-4-2-1-3-8-12(19)20/h5-7H,1-4,8-9H2,(H,19,20)(H2,17,18,21). The highest BCUT2D eigenvalue weighted by Gasteiger charge is 2.07. The van der Waals surface area contributed by atoms with Crippen molar-refractivity contribution < 1.29 is 14.7 Å². The number of hydrogen-bond acceptors (Lipinski definition) is 2. The molecule has 0 aliphatic carbocycles. The van der Waals surface area contributed by atoms with E-state index in [0.717, 1.165) is 19.3 Å². The Kier molecular flexibility index (Phi) is 7.93. The summed E-state index contributed by atoms with van der Waals surface area (Å²) in [5, 5.41) is 14.5. The summed E-state index contributed by atoms with van der Waals surface area (Å²) in [7, 11) is 0. The Bertz CT molecular complexity index is 495. The molecule has 5 nitrogen and oxygen atoms in total. The normalized spacial score (nSPS) is 10.2. The lowest BCUT2D eigenvalue weighted by Gasteiger charge is -2.09. The van der Waals surface area contributed by atoms with Gasteiger partial charge in [0.1, 0.15) is 0 Å². The largest absolute Gasteiger partial charge is 0.481 e. The van der Waals surface area contributed by atoms with E-state index in [1.807, 2.05) is 0 Å². The number of aliphatic carboxylic acids is 1. The molecule has 0 aliphatic heterocycles. The molecule has 2 amide bonds. The van der Waals surface area contributed by atoms with Crippen LogP contribution in [0, 0.1) is 0 Å². The van der Waals surface area contributed by atoms with Crippen LogP contribution >= 0.6 is 23.2 Å². The van der Waals surface area contributed by atoms with Crippen molar-refractivity contribution in [3.05, 3.63) is 28.2 Å². The molecular formula is C14H18Cl2N2O3. The van der Waals surface area contributed by atoms with Gasteiger partial charge in [-0.3, -0.25) is 4.79 Å². The van der Waals surface area contributed by atoms with E-state index >= 15 is 0 Å². The molecule has 0 saturated carbocycles. The van der Waals surface area contributed by atoms with Gasteiger partial charge in [-0.05, 0) is 25.0 Å². The van der Waals surface area contributed by atoms with Gasteiger partial charge < -0.3 is 15.7 Å². The van der Waals surface area contributed by atoms with Crippen molar-refractivity contribution in [2.24, 2.45) is 0 Å². The summed E-state index contributed by atoms with van der Waals surface area (Å²) in [4.78, 5) is 22.0. The molecule has 0 aliphatic rings. The van der Waals surface area contributed by atoms with Crippen LogP contribution in [0.5, 0.6) is 0 Å². The van der Waals surface area contributed by atoms with Gasteiger partial charge in [-0.25, -0.2) is 4.79 Å². The number of anilines is 1. The molecule has 116 valence electrons. The number of unbranched alkanes of at least 4 members (excludes halogenated alkanes) is 3. The summed E-state index contributed by atoms with van der Waals surface area (Å²) in [6.07, 6.45) is 3.39. The fourth-order valence-corrected chi connectivity index (χ4v) is 2.07. The van der Waals surface area contributed by atoms with E-state index in [2.05, 4.69) is 10.6 Å². The van der Waals surface area contributed by atoms with Crippen molar-refractivity contribution in [3.63, 3.8) is 0 Å². The number of carboxylic acid groups (broad SMARTS) is 1. The Hall–Kier alpha value is -1.46. The summed E-state index contributed by atoms with van der Waals surface area (Å²) in [5.41, 5.74) is 0.461. The van der Waals surface area contributed by atoms with E-state index in [-0.39, 0.29) is 12.5 Å². The number of urea groups is 1. The molecule has 0 aromatic heterocycles. The second-order valence-electron chi connectivity index (χ2n) is 4.54. The molecule has 3 N–H and O–H groups in total.